The second kappa shape index (κ2) is 6.92. The second-order valence-electron chi connectivity index (χ2n) is 6.85. The number of hydrogen-bond acceptors (Lipinski definition) is 2. The molecule has 0 aliphatic heterocycles. The molecule has 0 unspecified atom stereocenters. The molecular weight excluding hydrogens is 242 g/mol. The molecular formula is C15H27NO3. The lowest BCUT2D eigenvalue weighted by molar-refractivity contribution is -0.141. The van der Waals surface area contributed by atoms with Crippen molar-refractivity contribution in [3.05, 3.63) is 0 Å². The predicted molar refractivity (Wildman–Crippen MR) is 74.8 cm³/mol. The molecule has 2 N–H and O–H groups in total. The van der Waals surface area contributed by atoms with E-state index in [0.717, 1.165) is 19.3 Å². The van der Waals surface area contributed by atoms with Crippen LogP contribution < -0.4 is 5.32 Å². The molecule has 1 fully saturated rings. The lowest BCUT2D eigenvalue weighted by Crippen LogP contribution is -2.30. The molecule has 0 aromatic rings. The van der Waals surface area contributed by atoms with Crippen molar-refractivity contribution in [3.63, 3.8) is 0 Å². The summed E-state index contributed by atoms with van der Waals surface area (Å²) in [5, 5.41) is 11.8. The van der Waals surface area contributed by atoms with Gasteiger partial charge in [0, 0.05) is 12.5 Å². The number of carboxylic acids is 1. The van der Waals surface area contributed by atoms with E-state index < -0.39 is 5.97 Å². The summed E-state index contributed by atoms with van der Waals surface area (Å²) in [5.41, 5.74) is 0.351. The maximum Gasteiger partial charge on any atom is 0.306 e. The topological polar surface area (TPSA) is 66.4 Å². The molecule has 1 amide bonds. The Hall–Kier alpha value is -1.06. The van der Waals surface area contributed by atoms with Gasteiger partial charge < -0.3 is 10.4 Å². The fourth-order valence-corrected chi connectivity index (χ4v) is 2.58. The van der Waals surface area contributed by atoms with Crippen molar-refractivity contribution >= 4 is 11.9 Å². The molecule has 0 aromatic heterocycles. The van der Waals surface area contributed by atoms with Crippen LogP contribution in [0.4, 0.5) is 0 Å². The summed E-state index contributed by atoms with van der Waals surface area (Å²) in [6.45, 7) is 7.37. The number of hydrogen-bond donors (Lipinski definition) is 2. The molecule has 1 aliphatic carbocycles. The zero-order chi connectivity index (χ0) is 14.5. The largest absolute Gasteiger partial charge is 0.481 e. The van der Waals surface area contributed by atoms with Crippen molar-refractivity contribution in [3.8, 4) is 0 Å². The molecule has 4 nitrogen and oxygen atoms in total. The van der Waals surface area contributed by atoms with Gasteiger partial charge in [-0.2, -0.15) is 0 Å². The smallest absolute Gasteiger partial charge is 0.306 e. The van der Waals surface area contributed by atoms with Crippen LogP contribution >= 0.6 is 0 Å². The first-order chi connectivity index (χ1) is 8.79. The highest BCUT2D eigenvalue weighted by Gasteiger charge is 2.33. The first-order valence-electron chi connectivity index (χ1n) is 7.30. The lowest BCUT2D eigenvalue weighted by Gasteiger charge is -2.17. The van der Waals surface area contributed by atoms with Crippen molar-refractivity contribution in [2.24, 2.45) is 17.3 Å². The number of rotatable bonds is 6. The van der Waals surface area contributed by atoms with Crippen LogP contribution in [0.25, 0.3) is 0 Å². The zero-order valence-electron chi connectivity index (χ0n) is 12.4. The number of nitrogens with one attached hydrogen (secondary N) is 1. The lowest BCUT2D eigenvalue weighted by atomic mass is 9.90. The summed E-state index contributed by atoms with van der Waals surface area (Å²) in [6.07, 6.45) is 5.13. The SMILES string of the molecule is CC(C)(C)CCCCNC(=O)[C@@H]1CC[C@H](C(=O)O)C1. The van der Waals surface area contributed by atoms with Gasteiger partial charge in [0.1, 0.15) is 0 Å². The van der Waals surface area contributed by atoms with Gasteiger partial charge in [0.2, 0.25) is 5.91 Å². The highest BCUT2D eigenvalue weighted by atomic mass is 16.4. The van der Waals surface area contributed by atoms with Gasteiger partial charge in [0.15, 0.2) is 0 Å². The van der Waals surface area contributed by atoms with Crippen LogP contribution in [0.2, 0.25) is 0 Å². The van der Waals surface area contributed by atoms with E-state index in [0.29, 0.717) is 31.2 Å². The standard InChI is InChI=1S/C15H27NO3/c1-15(2,3)8-4-5-9-16-13(17)11-6-7-12(10-11)14(18)19/h11-12H,4-10H2,1-3H3,(H,16,17)(H,18,19)/t11-,12+/m1/s1. The molecule has 4 heteroatoms. The Bertz CT molecular complexity index is 320. The second-order valence-corrected chi connectivity index (χ2v) is 6.85. The Kier molecular flexibility index (Phi) is 5.83. The van der Waals surface area contributed by atoms with E-state index in [1.807, 2.05) is 0 Å². The molecule has 1 aliphatic rings. The minimum absolute atomic E-state index is 0.0412. The van der Waals surface area contributed by atoms with E-state index in [4.69, 9.17) is 5.11 Å². The van der Waals surface area contributed by atoms with Crippen LogP contribution in [0.1, 0.15) is 59.3 Å². The minimum Gasteiger partial charge on any atom is -0.481 e. The summed E-state index contributed by atoms with van der Waals surface area (Å²) < 4.78 is 0. The Labute approximate surface area is 116 Å². The maximum absolute atomic E-state index is 11.9. The van der Waals surface area contributed by atoms with E-state index in [-0.39, 0.29) is 17.7 Å². The molecule has 0 aromatic carbocycles. The summed E-state index contributed by atoms with van der Waals surface area (Å²) in [5.74, 6) is -1.14. The molecule has 19 heavy (non-hydrogen) atoms. The van der Waals surface area contributed by atoms with Crippen LogP contribution in [0, 0.1) is 17.3 Å². The number of carbonyl (C=O) groups is 2. The molecule has 0 heterocycles. The van der Waals surface area contributed by atoms with Crippen LogP contribution in [0.5, 0.6) is 0 Å². The fraction of sp³-hybridized carbons (Fsp3) is 0.867. The van der Waals surface area contributed by atoms with Gasteiger partial charge in [-0.3, -0.25) is 9.59 Å². The summed E-state index contributed by atoms with van der Waals surface area (Å²) >= 11 is 0. The van der Waals surface area contributed by atoms with E-state index >= 15 is 0 Å². The van der Waals surface area contributed by atoms with Gasteiger partial charge in [-0.25, -0.2) is 0 Å². The van der Waals surface area contributed by atoms with Crippen molar-refractivity contribution in [2.45, 2.75) is 59.3 Å². The average molecular weight is 269 g/mol. The van der Waals surface area contributed by atoms with Gasteiger partial charge in [-0.05, 0) is 37.5 Å². The van der Waals surface area contributed by atoms with Crippen molar-refractivity contribution < 1.29 is 14.7 Å². The van der Waals surface area contributed by atoms with Crippen LogP contribution in [0.3, 0.4) is 0 Å². The molecule has 1 saturated carbocycles. The minimum atomic E-state index is -0.763. The van der Waals surface area contributed by atoms with Crippen molar-refractivity contribution in [2.75, 3.05) is 6.54 Å². The van der Waals surface area contributed by atoms with Gasteiger partial charge >= 0.3 is 5.97 Å². The van der Waals surface area contributed by atoms with Gasteiger partial charge in [-0.15, -0.1) is 0 Å². The average Bonchev–Trinajstić information content (AvgIpc) is 2.76. The number of aliphatic carboxylic acids is 1. The normalized spacial score (nSPS) is 23.3. The third-order valence-corrected chi connectivity index (χ3v) is 3.81. The highest BCUT2D eigenvalue weighted by molar-refractivity contribution is 5.80. The first kappa shape index (κ1) is 16.0. The van der Waals surface area contributed by atoms with Crippen molar-refractivity contribution in [1.82, 2.24) is 5.32 Å². The van der Waals surface area contributed by atoms with Crippen molar-refractivity contribution in [1.29, 1.82) is 0 Å². The molecule has 2 atom stereocenters. The number of carboxylic acid groups (broad SMARTS) is 1. The highest BCUT2D eigenvalue weighted by Crippen LogP contribution is 2.31. The molecule has 0 bridgehead atoms. The Morgan fingerprint density at radius 2 is 1.79 bits per heavy atom. The van der Waals surface area contributed by atoms with Gasteiger partial charge in [-0.1, -0.05) is 27.2 Å². The monoisotopic (exact) mass is 269 g/mol. The zero-order valence-corrected chi connectivity index (χ0v) is 12.4. The fourth-order valence-electron chi connectivity index (χ4n) is 2.58. The van der Waals surface area contributed by atoms with Gasteiger partial charge in [0.25, 0.3) is 0 Å². The van der Waals surface area contributed by atoms with Crippen LogP contribution in [-0.4, -0.2) is 23.5 Å². The quantitative estimate of drug-likeness (QED) is 0.729. The summed E-state index contributed by atoms with van der Waals surface area (Å²) in [6, 6.07) is 0. The summed E-state index contributed by atoms with van der Waals surface area (Å²) in [7, 11) is 0. The Balaban J connectivity index is 2.14. The number of amides is 1. The predicted octanol–water partition coefficient (Wildman–Crippen LogP) is 2.82. The van der Waals surface area contributed by atoms with Crippen LogP contribution in [-0.2, 0) is 9.59 Å². The molecule has 0 saturated heterocycles. The molecule has 0 radical (unpaired) electrons. The van der Waals surface area contributed by atoms with E-state index in [1.54, 1.807) is 0 Å². The Morgan fingerprint density at radius 3 is 2.32 bits per heavy atom. The summed E-state index contributed by atoms with van der Waals surface area (Å²) in [4.78, 5) is 22.7. The molecule has 1 rings (SSSR count). The van der Waals surface area contributed by atoms with Crippen LogP contribution in [0.15, 0.2) is 0 Å². The number of carbonyl (C=O) groups excluding carboxylic acids is 1. The van der Waals surface area contributed by atoms with Gasteiger partial charge in [0.05, 0.1) is 5.92 Å². The molecule has 110 valence electrons. The van der Waals surface area contributed by atoms with E-state index in [2.05, 4.69) is 26.1 Å². The molecule has 0 spiro atoms. The maximum atomic E-state index is 11.9. The Morgan fingerprint density at radius 1 is 1.16 bits per heavy atom. The third-order valence-electron chi connectivity index (χ3n) is 3.81. The van der Waals surface area contributed by atoms with E-state index in [1.165, 1.54) is 0 Å². The van der Waals surface area contributed by atoms with E-state index in [9.17, 15) is 9.59 Å². The first-order valence-corrected chi connectivity index (χ1v) is 7.30. The number of unbranched alkanes of at least 4 members (excludes halogenated alkanes) is 1. The third kappa shape index (κ3) is 6.08.